The van der Waals surface area contributed by atoms with Gasteiger partial charge < -0.3 is 4.90 Å². The number of carbonyl (C=O) groups is 1. The molecule has 0 saturated carbocycles. The molecule has 0 radical (unpaired) electrons. The Morgan fingerprint density at radius 2 is 2.13 bits per heavy atom. The van der Waals surface area contributed by atoms with Crippen LogP contribution in [0, 0.1) is 6.92 Å². The van der Waals surface area contributed by atoms with Crippen LogP contribution in [0.4, 0.5) is 0 Å². The largest absolute Gasteiger partial charge is 0.336 e. The number of nitrogens with zero attached hydrogens (tertiary/aromatic N) is 3. The van der Waals surface area contributed by atoms with E-state index in [0.29, 0.717) is 0 Å². The predicted molar refractivity (Wildman–Crippen MR) is 97.3 cm³/mol. The van der Waals surface area contributed by atoms with Gasteiger partial charge in [-0.15, -0.1) is 11.3 Å². The van der Waals surface area contributed by atoms with Gasteiger partial charge in [0.25, 0.3) is 5.91 Å². The van der Waals surface area contributed by atoms with Crippen LogP contribution in [0.1, 0.15) is 34.4 Å². The Hall–Kier alpha value is -1.40. The highest BCUT2D eigenvalue weighted by Gasteiger charge is 2.23. The average molecular weight is 348 g/mol. The minimum absolute atomic E-state index is 0.134. The molecule has 0 spiro atoms. The molecule has 4 nitrogen and oxygen atoms in total. The van der Waals surface area contributed by atoms with Crippen molar-refractivity contribution in [1.82, 2.24) is 14.9 Å². The lowest BCUT2D eigenvalue weighted by atomic mass is 10.2. The molecule has 3 heterocycles. The summed E-state index contributed by atoms with van der Waals surface area (Å²) in [6.07, 6.45) is 3.87. The van der Waals surface area contributed by atoms with Crippen molar-refractivity contribution in [2.45, 2.75) is 26.7 Å². The Balaban J connectivity index is 1.85. The van der Waals surface area contributed by atoms with Crippen LogP contribution < -0.4 is 0 Å². The van der Waals surface area contributed by atoms with Crippen molar-refractivity contribution in [3.63, 3.8) is 0 Å². The fraction of sp³-hybridized carbons (Fsp3) is 0.471. The number of hydrogen-bond donors (Lipinski definition) is 0. The highest BCUT2D eigenvalue weighted by Crippen LogP contribution is 2.29. The standard InChI is InChI=1S/C17H21N3OS2/c1-3-4-14-11-13(5-6-18-14)16-19-12(2)15(23-16)17(21)20-7-9-22-10-8-20/h5-6,11H,3-4,7-10H2,1-2H3. The molecule has 0 aromatic carbocycles. The highest BCUT2D eigenvalue weighted by molar-refractivity contribution is 7.99. The van der Waals surface area contributed by atoms with E-state index in [1.165, 1.54) is 11.3 Å². The summed E-state index contributed by atoms with van der Waals surface area (Å²) in [6, 6.07) is 4.07. The molecule has 6 heteroatoms. The Morgan fingerprint density at radius 1 is 1.35 bits per heavy atom. The number of hydrogen-bond acceptors (Lipinski definition) is 5. The summed E-state index contributed by atoms with van der Waals surface area (Å²) in [5.41, 5.74) is 2.98. The quantitative estimate of drug-likeness (QED) is 0.847. The second-order valence-corrected chi connectivity index (χ2v) is 7.85. The smallest absolute Gasteiger partial charge is 0.265 e. The van der Waals surface area contributed by atoms with Crippen LogP contribution in [0.3, 0.4) is 0 Å². The van der Waals surface area contributed by atoms with E-state index >= 15 is 0 Å². The normalized spacial score (nSPS) is 15.0. The molecular formula is C17H21N3OS2. The Morgan fingerprint density at radius 3 is 2.87 bits per heavy atom. The molecular weight excluding hydrogens is 326 g/mol. The van der Waals surface area contributed by atoms with Crippen LogP contribution in [0.25, 0.3) is 10.6 Å². The molecule has 1 aliphatic heterocycles. The monoisotopic (exact) mass is 347 g/mol. The van der Waals surface area contributed by atoms with Crippen molar-refractivity contribution in [3.05, 3.63) is 34.6 Å². The van der Waals surface area contributed by atoms with Crippen LogP contribution in [-0.2, 0) is 6.42 Å². The molecule has 122 valence electrons. The average Bonchev–Trinajstić information content (AvgIpc) is 2.97. The van der Waals surface area contributed by atoms with Gasteiger partial charge in [-0.05, 0) is 25.5 Å². The van der Waals surface area contributed by atoms with Crippen molar-refractivity contribution in [2.75, 3.05) is 24.6 Å². The SMILES string of the molecule is CCCc1cc(-c2nc(C)c(C(=O)N3CCSCC3)s2)ccn1. The highest BCUT2D eigenvalue weighted by atomic mass is 32.2. The number of pyridine rings is 1. The molecule has 1 saturated heterocycles. The molecule has 2 aromatic rings. The lowest BCUT2D eigenvalue weighted by molar-refractivity contribution is 0.0776. The number of thioether (sulfide) groups is 1. The fourth-order valence-corrected chi connectivity index (χ4v) is 4.57. The minimum Gasteiger partial charge on any atom is -0.336 e. The first kappa shape index (κ1) is 16.5. The molecule has 1 fully saturated rings. The van der Waals surface area contributed by atoms with Gasteiger partial charge in [-0.25, -0.2) is 4.98 Å². The van der Waals surface area contributed by atoms with E-state index < -0.39 is 0 Å². The first-order valence-electron chi connectivity index (χ1n) is 7.98. The zero-order chi connectivity index (χ0) is 16.2. The van der Waals surface area contributed by atoms with Gasteiger partial charge >= 0.3 is 0 Å². The number of amides is 1. The van der Waals surface area contributed by atoms with Gasteiger partial charge in [0.1, 0.15) is 9.88 Å². The molecule has 1 amide bonds. The summed E-state index contributed by atoms with van der Waals surface area (Å²) >= 11 is 3.41. The number of thiazole rings is 1. The first-order valence-corrected chi connectivity index (χ1v) is 9.96. The number of aryl methyl sites for hydroxylation is 2. The zero-order valence-electron chi connectivity index (χ0n) is 13.5. The zero-order valence-corrected chi connectivity index (χ0v) is 15.2. The Labute approximate surface area is 145 Å². The second-order valence-electron chi connectivity index (χ2n) is 5.62. The van der Waals surface area contributed by atoms with Gasteiger partial charge in [0.15, 0.2) is 0 Å². The molecule has 0 aliphatic carbocycles. The Kier molecular flexibility index (Phi) is 5.33. The van der Waals surface area contributed by atoms with Crippen molar-refractivity contribution < 1.29 is 4.79 Å². The van der Waals surface area contributed by atoms with Crippen LogP contribution in [0.5, 0.6) is 0 Å². The van der Waals surface area contributed by atoms with Crippen LogP contribution >= 0.6 is 23.1 Å². The van der Waals surface area contributed by atoms with Gasteiger partial charge in [-0.1, -0.05) is 13.3 Å². The summed E-state index contributed by atoms with van der Waals surface area (Å²) in [5, 5.41) is 0.914. The molecule has 2 aromatic heterocycles. The van der Waals surface area contributed by atoms with Crippen LogP contribution in [0.2, 0.25) is 0 Å². The van der Waals surface area contributed by atoms with Gasteiger partial charge in [0.2, 0.25) is 0 Å². The van der Waals surface area contributed by atoms with E-state index in [2.05, 4.69) is 23.0 Å². The van der Waals surface area contributed by atoms with Gasteiger partial charge in [-0.3, -0.25) is 9.78 Å². The van der Waals surface area contributed by atoms with Crippen molar-refractivity contribution in [1.29, 1.82) is 0 Å². The van der Waals surface area contributed by atoms with Crippen molar-refractivity contribution >= 4 is 29.0 Å². The molecule has 3 rings (SSSR count). The summed E-state index contributed by atoms with van der Waals surface area (Å²) in [5.74, 6) is 2.19. The predicted octanol–water partition coefficient (Wildman–Crippen LogP) is 3.66. The molecule has 0 atom stereocenters. The van der Waals surface area contributed by atoms with Gasteiger partial charge in [0, 0.05) is 42.0 Å². The number of rotatable bonds is 4. The van der Waals surface area contributed by atoms with E-state index in [0.717, 1.165) is 64.3 Å². The maximum atomic E-state index is 12.7. The van der Waals surface area contributed by atoms with Crippen molar-refractivity contribution in [2.24, 2.45) is 0 Å². The summed E-state index contributed by atoms with van der Waals surface area (Å²) in [4.78, 5) is 24.5. The van der Waals surface area contributed by atoms with E-state index in [4.69, 9.17) is 0 Å². The summed E-state index contributed by atoms with van der Waals surface area (Å²) in [7, 11) is 0. The lowest BCUT2D eigenvalue weighted by Gasteiger charge is -2.25. The topological polar surface area (TPSA) is 46.1 Å². The molecule has 0 N–H and O–H groups in total. The van der Waals surface area contributed by atoms with Crippen LogP contribution in [-0.4, -0.2) is 45.4 Å². The maximum absolute atomic E-state index is 12.7. The third kappa shape index (κ3) is 3.75. The number of aromatic nitrogens is 2. The first-order chi connectivity index (χ1) is 11.2. The van der Waals surface area contributed by atoms with E-state index in [9.17, 15) is 4.79 Å². The Bertz CT molecular complexity index is 693. The third-order valence-electron chi connectivity index (χ3n) is 3.86. The summed E-state index contributed by atoms with van der Waals surface area (Å²) < 4.78 is 0. The van der Waals surface area contributed by atoms with Gasteiger partial charge in [-0.2, -0.15) is 11.8 Å². The molecule has 0 unspecified atom stereocenters. The van der Waals surface area contributed by atoms with Crippen LogP contribution in [0.15, 0.2) is 18.3 Å². The lowest BCUT2D eigenvalue weighted by Crippen LogP contribution is -2.37. The minimum atomic E-state index is 0.134. The molecule has 23 heavy (non-hydrogen) atoms. The summed E-state index contributed by atoms with van der Waals surface area (Å²) in [6.45, 7) is 5.76. The van der Waals surface area contributed by atoms with Crippen molar-refractivity contribution in [3.8, 4) is 10.6 Å². The van der Waals surface area contributed by atoms with Gasteiger partial charge in [0.05, 0.1) is 5.69 Å². The van der Waals surface area contributed by atoms with E-state index in [1.54, 1.807) is 0 Å². The van der Waals surface area contributed by atoms with E-state index in [1.807, 2.05) is 35.8 Å². The maximum Gasteiger partial charge on any atom is 0.265 e. The number of carbonyl (C=O) groups excluding carboxylic acids is 1. The third-order valence-corrected chi connectivity index (χ3v) is 6.00. The second kappa shape index (κ2) is 7.45. The molecule has 0 bridgehead atoms. The van der Waals surface area contributed by atoms with E-state index in [-0.39, 0.29) is 5.91 Å². The fourth-order valence-electron chi connectivity index (χ4n) is 2.63. The molecule has 1 aliphatic rings.